The van der Waals surface area contributed by atoms with Crippen LogP contribution in [0.1, 0.15) is 11.6 Å². The first kappa shape index (κ1) is 14.3. The smallest absolute Gasteiger partial charge is 0.325 e. The van der Waals surface area contributed by atoms with E-state index in [1.165, 1.54) is 0 Å². The van der Waals surface area contributed by atoms with E-state index in [0.717, 1.165) is 0 Å². The van der Waals surface area contributed by atoms with Crippen molar-refractivity contribution in [3.8, 4) is 5.75 Å². The Morgan fingerprint density at radius 2 is 1.94 bits per heavy atom. The van der Waals surface area contributed by atoms with Crippen LogP contribution in [0.3, 0.4) is 0 Å². The maximum absolute atomic E-state index is 13.5. The van der Waals surface area contributed by atoms with E-state index in [9.17, 15) is 27.1 Å². The fourth-order valence-corrected chi connectivity index (χ4v) is 2.15. The third-order valence-corrected chi connectivity index (χ3v) is 3.27. The fraction of sp³-hybridized carbons (Fsp3) is 0.222. The number of benzene rings is 1. The number of hydrogen-bond donors (Lipinski definition) is 3. The van der Waals surface area contributed by atoms with Gasteiger partial charge in [-0.25, -0.2) is 17.2 Å². The van der Waals surface area contributed by atoms with Gasteiger partial charge in [0.15, 0.2) is 21.4 Å². The minimum absolute atomic E-state index is 0.383. The number of sulfone groups is 1. The first-order chi connectivity index (χ1) is 8.07. The maximum atomic E-state index is 13.5. The summed E-state index contributed by atoms with van der Waals surface area (Å²) in [6.45, 7) is 0. The Balaban J connectivity index is 3.62. The molecule has 0 aliphatic heterocycles. The number of hydrogen-bond acceptors (Lipinski definition) is 5. The molecule has 0 aromatic heterocycles. The van der Waals surface area contributed by atoms with E-state index in [-0.39, 0.29) is 0 Å². The van der Waals surface area contributed by atoms with Crippen LogP contribution in [-0.4, -0.2) is 30.9 Å². The van der Waals surface area contributed by atoms with Crippen molar-refractivity contribution in [3.05, 3.63) is 23.3 Å². The number of nitrogens with two attached hydrogens (primary N) is 1. The molecule has 0 saturated carbocycles. The zero-order chi connectivity index (χ0) is 14.2. The summed E-state index contributed by atoms with van der Waals surface area (Å²) in [5, 5.41) is 17.9. The molecular weight excluding hydrogens is 272 g/mol. The first-order valence-corrected chi connectivity index (χ1v) is 6.35. The highest BCUT2D eigenvalue weighted by Gasteiger charge is 2.29. The molecule has 1 aromatic rings. The van der Waals surface area contributed by atoms with Crippen molar-refractivity contribution in [2.24, 2.45) is 5.73 Å². The van der Waals surface area contributed by atoms with Crippen molar-refractivity contribution in [2.45, 2.75) is 10.9 Å². The highest BCUT2D eigenvalue weighted by molar-refractivity contribution is 7.90. The fourth-order valence-electron chi connectivity index (χ4n) is 1.32. The minimum Gasteiger partial charge on any atom is -0.505 e. The van der Waals surface area contributed by atoms with Crippen molar-refractivity contribution in [3.63, 3.8) is 0 Å². The van der Waals surface area contributed by atoms with Crippen LogP contribution in [0, 0.1) is 11.6 Å². The molecule has 0 fully saturated rings. The van der Waals surface area contributed by atoms with Crippen LogP contribution < -0.4 is 5.73 Å². The molecule has 0 aliphatic carbocycles. The van der Waals surface area contributed by atoms with Gasteiger partial charge in [-0.3, -0.25) is 4.79 Å². The normalized spacial score (nSPS) is 13.3. The molecule has 0 saturated heterocycles. The van der Waals surface area contributed by atoms with Gasteiger partial charge in [0, 0.05) is 11.8 Å². The van der Waals surface area contributed by atoms with Crippen molar-refractivity contribution < 1.29 is 32.2 Å². The number of aliphatic carboxylic acids is 1. The average molecular weight is 281 g/mol. The molecule has 0 radical (unpaired) electrons. The second-order valence-electron chi connectivity index (χ2n) is 3.53. The number of aromatic hydroxyl groups is 1. The summed E-state index contributed by atoms with van der Waals surface area (Å²) in [4.78, 5) is 9.23. The largest absolute Gasteiger partial charge is 0.505 e. The molecule has 0 spiro atoms. The van der Waals surface area contributed by atoms with E-state index in [1.54, 1.807) is 0 Å². The van der Waals surface area contributed by atoms with Gasteiger partial charge < -0.3 is 15.9 Å². The zero-order valence-electron chi connectivity index (χ0n) is 9.02. The first-order valence-electron chi connectivity index (χ1n) is 4.46. The van der Waals surface area contributed by atoms with E-state index < -0.39 is 49.7 Å². The van der Waals surface area contributed by atoms with Crippen LogP contribution >= 0.6 is 0 Å². The van der Waals surface area contributed by atoms with Gasteiger partial charge in [-0.1, -0.05) is 0 Å². The number of rotatable bonds is 3. The molecule has 18 heavy (non-hydrogen) atoms. The van der Waals surface area contributed by atoms with Crippen molar-refractivity contribution in [2.75, 3.05) is 6.26 Å². The van der Waals surface area contributed by atoms with Crippen LogP contribution in [0.4, 0.5) is 8.78 Å². The third kappa shape index (κ3) is 2.41. The predicted molar refractivity (Wildman–Crippen MR) is 55.7 cm³/mol. The molecule has 1 unspecified atom stereocenters. The lowest BCUT2D eigenvalue weighted by atomic mass is 10.1. The standard InChI is InChI=1S/C9H9F2NO5S/c1-18(16,17)8-4(10)2-3(6(12)9(14)15)7(13)5(8)11/h2,6,13H,12H2,1H3,(H,14,15). The number of phenolic OH excluding ortho intramolecular Hbond substituents is 1. The van der Waals surface area contributed by atoms with Gasteiger partial charge in [0.25, 0.3) is 0 Å². The monoisotopic (exact) mass is 281 g/mol. The SMILES string of the molecule is CS(=O)(=O)c1c(F)cc(C(N)C(=O)O)c(O)c1F. The summed E-state index contributed by atoms with van der Waals surface area (Å²) in [6, 6.07) is -1.49. The second kappa shape index (κ2) is 4.50. The van der Waals surface area contributed by atoms with E-state index in [4.69, 9.17) is 10.8 Å². The Kier molecular flexibility index (Phi) is 3.58. The molecule has 0 heterocycles. The quantitative estimate of drug-likeness (QED) is 0.726. The van der Waals surface area contributed by atoms with Gasteiger partial charge in [0.05, 0.1) is 0 Å². The van der Waals surface area contributed by atoms with E-state index in [1.807, 2.05) is 0 Å². The van der Waals surface area contributed by atoms with E-state index >= 15 is 0 Å². The van der Waals surface area contributed by atoms with Gasteiger partial charge in [-0.05, 0) is 6.07 Å². The molecule has 1 atom stereocenters. The molecule has 4 N–H and O–H groups in total. The molecule has 0 aliphatic rings. The number of carboxylic acid groups (broad SMARTS) is 1. The lowest BCUT2D eigenvalue weighted by molar-refractivity contribution is -0.138. The lowest BCUT2D eigenvalue weighted by Gasteiger charge is -2.12. The van der Waals surface area contributed by atoms with Gasteiger partial charge >= 0.3 is 5.97 Å². The molecule has 100 valence electrons. The van der Waals surface area contributed by atoms with E-state index in [2.05, 4.69) is 0 Å². The Labute approximate surface area is 101 Å². The van der Waals surface area contributed by atoms with Crippen molar-refractivity contribution in [1.29, 1.82) is 0 Å². The number of carbonyl (C=O) groups is 1. The van der Waals surface area contributed by atoms with Crippen LogP contribution in [-0.2, 0) is 14.6 Å². The predicted octanol–water partition coefficient (Wildman–Crippen LogP) is 0.158. The molecular formula is C9H9F2NO5S. The van der Waals surface area contributed by atoms with Crippen LogP contribution in [0.25, 0.3) is 0 Å². The average Bonchev–Trinajstić information content (AvgIpc) is 2.20. The molecule has 9 heteroatoms. The number of carboxylic acids is 1. The minimum atomic E-state index is -4.25. The van der Waals surface area contributed by atoms with Gasteiger partial charge in [0.1, 0.15) is 16.8 Å². The van der Waals surface area contributed by atoms with E-state index in [0.29, 0.717) is 12.3 Å². The highest BCUT2D eigenvalue weighted by atomic mass is 32.2. The Bertz CT molecular complexity index is 614. The Morgan fingerprint density at radius 3 is 2.33 bits per heavy atom. The van der Waals surface area contributed by atoms with Gasteiger partial charge in [-0.2, -0.15) is 0 Å². The molecule has 6 nitrogen and oxygen atoms in total. The molecule has 0 amide bonds. The van der Waals surface area contributed by atoms with Crippen LogP contribution in [0.5, 0.6) is 5.75 Å². The lowest BCUT2D eigenvalue weighted by Crippen LogP contribution is -2.22. The molecule has 0 bridgehead atoms. The topological polar surface area (TPSA) is 118 Å². The summed E-state index contributed by atoms with van der Waals surface area (Å²) < 4.78 is 49.2. The molecule has 1 rings (SSSR count). The molecule has 1 aromatic carbocycles. The van der Waals surface area contributed by atoms with Gasteiger partial charge in [-0.15, -0.1) is 0 Å². The summed E-state index contributed by atoms with van der Waals surface area (Å²) in [6.07, 6.45) is 0.546. The highest BCUT2D eigenvalue weighted by Crippen LogP contribution is 2.32. The van der Waals surface area contributed by atoms with Gasteiger partial charge in [0.2, 0.25) is 0 Å². The summed E-state index contributed by atoms with van der Waals surface area (Å²) in [5.41, 5.74) is 4.35. The third-order valence-electron chi connectivity index (χ3n) is 2.15. The maximum Gasteiger partial charge on any atom is 0.325 e. The Hall–Kier alpha value is -1.74. The summed E-state index contributed by atoms with van der Waals surface area (Å²) >= 11 is 0. The van der Waals surface area contributed by atoms with Crippen molar-refractivity contribution in [1.82, 2.24) is 0 Å². The number of halogens is 2. The summed E-state index contributed by atoms with van der Waals surface area (Å²) in [7, 11) is -4.25. The second-order valence-corrected chi connectivity index (χ2v) is 5.48. The number of phenols is 1. The summed E-state index contributed by atoms with van der Waals surface area (Å²) in [5.74, 6) is -6.20. The van der Waals surface area contributed by atoms with Crippen molar-refractivity contribution >= 4 is 15.8 Å². The van der Waals surface area contributed by atoms with Crippen LogP contribution in [0.2, 0.25) is 0 Å². The zero-order valence-corrected chi connectivity index (χ0v) is 9.83. The Morgan fingerprint density at radius 1 is 1.44 bits per heavy atom. The van der Waals surface area contributed by atoms with Crippen LogP contribution in [0.15, 0.2) is 11.0 Å².